The molecule has 4 heteroatoms. The van der Waals surface area contributed by atoms with Crippen molar-refractivity contribution in [3.05, 3.63) is 138 Å². The van der Waals surface area contributed by atoms with Crippen LogP contribution in [0.25, 0.3) is 72.4 Å². The van der Waals surface area contributed by atoms with Gasteiger partial charge in [-0.25, -0.2) is 9.97 Å². The topological polar surface area (TPSA) is 43.9 Å². The Kier molecular flexibility index (Phi) is 7.02. The molecule has 0 N–H and O–H groups in total. The fourth-order valence-electron chi connectivity index (χ4n) is 6.94. The Morgan fingerprint density at radius 3 is 1.89 bits per heavy atom. The highest BCUT2D eigenvalue weighted by Crippen LogP contribution is 2.44. The third-order valence-electron chi connectivity index (χ3n) is 9.25. The summed E-state index contributed by atoms with van der Waals surface area (Å²) in [5.74, 6) is 1.36. The SMILES string of the molecule is Cc1ccc2c(n1)nc(-c1ccc(-c3ccccc3)c3c1oc1ccccc13)n2-c1c(C(C)C)cc(-c2ccccc2)cc1C(C)C. The molecule has 0 aliphatic rings. The maximum atomic E-state index is 6.77. The fourth-order valence-corrected chi connectivity index (χ4v) is 6.94. The minimum absolute atomic E-state index is 0.265. The monoisotopic (exact) mass is 611 g/mol. The third kappa shape index (κ3) is 4.83. The lowest BCUT2D eigenvalue weighted by Gasteiger charge is -2.24. The van der Waals surface area contributed by atoms with Crippen molar-refractivity contribution in [2.75, 3.05) is 0 Å². The van der Waals surface area contributed by atoms with Gasteiger partial charge in [0.2, 0.25) is 0 Å². The standard InChI is InChI=1S/C43H37N3O/c1-26(2)35-24-31(29-14-8-6-9-15-29)25-36(27(3)4)40(35)46-37-23-20-28(5)44-42(37)45-43(46)34-22-21-32(30-16-10-7-11-17-30)39-33-18-12-13-19-38(33)47-41(34)39/h6-27H,1-5H3. The first-order valence-electron chi connectivity index (χ1n) is 16.5. The molecule has 0 saturated heterocycles. The van der Waals surface area contributed by atoms with E-state index < -0.39 is 0 Å². The smallest absolute Gasteiger partial charge is 0.178 e. The summed E-state index contributed by atoms with van der Waals surface area (Å²) in [5.41, 5.74) is 13.8. The van der Waals surface area contributed by atoms with Crippen molar-refractivity contribution in [2.45, 2.75) is 46.5 Å². The number of hydrogen-bond donors (Lipinski definition) is 0. The van der Waals surface area contributed by atoms with Crippen LogP contribution in [0.3, 0.4) is 0 Å². The van der Waals surface area contributed by atoms with Crippen LogP contribution < -0.4 is 0 Å². The van der Waals surface area contributed by atoms with Crippen LogP contribution in [-0.2, 0) is 0 Å². The van der Waals surface area contributed by atoms with Gasteiger partial charge in [-0.15, -0.1) is 0 Å². The molecule has 0 saturated carbocycles. The number of fused-ring (bicyclic) bond motifs is 4. The summed E-state index contributed by atoms with van der Waals surface area (Å²) in [6.07, 6.45) is 0. The molecular formula is C43H37N3O. The molecule has 4 nitrogen and oxygen atoms in total. The number of imidazole rings is 1. The largest absolute Gasteiger partial charge is 0.455 e. The minimum Gasteiger partial charge on any atom is -0.455 e. The zero-order chi connectivity index (χ0) is 32.2. The third-order valence-corrected chi connectivity index (χ3v) is 9.25. The Balaban J connectivity index is 1.49. The van der Waals surface area contributed by atoms with Gasteiger partial charge in [0.1, 0.15) is 11.2 Å². The molecule has 0 unspecified atom stereocenters. The fraction of sp³-hybridized carbons (Fsp3) is 0.163. The molecule has 0 aliphatic carbocycles. The molecular weight excluding hydrogens is 574 g/mol. The predicted octanol–water partition coefficient (Wildman–Crippen LogP) is 11.9. The number of aryl methyl sites for hydroxylation is 1. The molecule has 0 radical (unpaired) electrons. The van der Waals surface area contributed by atoms with Crippen LogP contribution in [0.1, 0.15) is 56.4 Å². The first-order valence-corrected chi connectivity index (χ1v) is 16.5. The average molecular weight is 612 g/mol. The van der Waals surface area contributed by atoms with Crippen molar-refractivity contribution < 1.29 is 4.42 Å². The van der Waals surface area contributed by atoms with Gasteiger partial charge in [0.05, 0.1) is 16.8 Å². The zero-order valence-corrected chi connectivity index (χ0v) is 27.5. The lowest BCUT2D eigenvalue weighted by atomic mass is 9.88. The summed E-state index contributed by atoms with van der Waals surface area (Å²) < 4.78 is 9.12. The highest BCUT2D eigenvalue weighted by molar-refractivity contribution is 6.16. The maximum absolute atomic E-state index is 6.77. The molecule has 0 fully saturated rings. The van der Waals surface area contributed by atoms with Crippen LogP contribution in [0.4, 0.5) is 0 Å². The van der Waals surface area contributed by atoms with E-state index in [-0.39, 0.29) is 11.8 Å². The van der Waals surface area contributed by atoms with Crippen LogP contribution in [0, 0.1) is 6.92 Å². The summed E-state index contributed by atoms with van der Waals surface area (Å²) >= 11 is 0. The molecule has 5 aromatic carbocycles. The van der Waals surface area contributed by atoms with Crippen LogP contribution in [0.5, 0.6) is 0 Å². The van der Waals surface area contributed by atoms with Gasteiger partial charge < -0.3 is 4.42 Å². The Hall–Kier alpha value is -5.48. The lowest BCUT2D eigenvalue weighted by molar-refractivity contribution is 0.669. The molecule has 0 spiro atoms. The van der Waals surface area contributed by atoms with Crippen molar-refractivity contribution in [1.82, 2.24) is 14.5 Å². The quantitative estimate of drug-likeness (QED) is 0.188. The van der Waals surface area contributed by atoms with E-state index in [4.69, 9.17) is 14.4 Å². The number of benzene rings is 5. The van der Waals surface area contributed by atoms with Crippen LogP contribution in [-0.4, -0.2) is 14.5 Å². The predicted molar refractivity (Wildman–Crippen MR) is 195 cm³/mol. The zero-order valence-electron chi connectivity index (χ0n) is 27.5. The van der Waals surface area contributed by atoms with Crippen molar-refractivity contribution >= 4 is 33.1 Å². The van der Waals surface area contributed by atoms with E-state index in [1.54, 1.807) is 0 Å². The normalized spacial score (nSPS) is 11.9. The lowest BCUT2D eigenvalue weighted by Crippen LogP contribution is -2.09. The van der Waals surface area contributed by atoms with Gasteiger partial charge in [-0.3, -0.25) is 4.57 Å². The van der Waals surface area contributed by atoms with Crippen molar-refractivity contribution in [2.24, 2.45) is 0 Å². The summed E-state index contributed by atoms with van der Waals surface area (Å²) in [7, 11) is 0. The van der Waals surface area contributed by atoms with Crippen LogP contribution in [0.15, 0.2) is 126 Å². The number of nitrogens with zero attached hydrogens (tertiary/aromatic N) is 3. The number of pyridine rings is 1. The molecule has 0 aliphatic heterocycles. The van der Waals surface area contributed by atoms with Gasteiger partial charge in [-0.2, -0.15) is 0 Å². The van der Waals surface area contributed by atoms with E-state index in [2.05, 4.69) is 148 Å². The van der Waals surface area contributed by atoms with E-state index in [1.807, 2.05) is 13.0 Å². The van der Waals surface area contributed by atoms with E-state index in [0.717, 1.165) is 61.3 Å². The Morgan fingerprint density at radius 2 is 1.21 bits per heavy atom. The van der Waals surface area contributed by atoms with E-state index in [0.29, 0.717) is 0 Å². The Bertz CT molecular complexity index is 2380. The molecule has 230 valence electrons. The summed E-state index contributed by atoms with van der Waals surface area (Å²) in [5, 5.41) is 2.19. The van der Waals surface area contributed by atoms with E-state index >= 15 is 0 Å². The first kappa shape index (κ1) is 29.0. The number of furan rings is 1. The van der Waals surface area contributed by atoms with Crippen molar-refractivity contribution in [3.8, 4) is 39.3 Å². The molecule has 3 aromatic heterocycles. The molecule has 8 aromatic rings. The van der Waals surface area contributed by atoms with Gasteiger partial charge >= 0.3 is 0 Å². The van der Waals surface area contributed by atoms with Crippen LogP contribution in [0.2, 0.25) is 0 Å². The molecule has 0 amide bonds. The van der Waals surface area contributed by atoms with Crippen molar-refractivity contribution in [1.29, 1.82) is 0 Å². The molecule has 0 bridgehead atoms. The highest BCUT2D eigenvalue weighted by atomic mass is 16.3. The highest BCUT2D eigenvalue weighted by Gasteiger charge is 2.27. The Morgan fingerprint density at radius 1 is 0.596 bits per heavy atom. The molecule has 0 atom stereocenters. The van der Waals surface area contributed by atoms with Gasteiger partial charge in [-0.05, 0) is 88.5 Å². The summed E-state index contributed by atoms with van der Waals surface area (Å²) in [4.78, 5) is 10.3. The Labute approximate surface area is 275 Å². The first-order chi connectivity index (χ1) is 22.9. The molecule has 3 heterocycles. The second-order valence-corrected chi connectivity index (χ2v) is 13.1. The van der Waals surface area contributed by atoms with Gasteiger partial charge in [0, 0.05) is 16.5 Å². The maximum Gasteiger partial charge on any atom is 0.178 e. The second kappa shape index (κ2) is 11.4. The van der Waals surface area contributed by atoms with E-state index in [9.17, 15) is 0 Å². The van der Waals surface area contributed by atoms with Gasteiger partial charge in [0.25, 0.3) is 0 Å². The number of rotatable bonds is 6. The van der Waals surface area contributed by atoms with Gasteiger partial charge in [-0.1, -0.05) is 113 Å². The molecule has 8 rings (SSSR count). The minimum atomic E-state index is 0.265. The second-order valence-electron chi connectivity index (χ2n) is 13.1. The molecule has 47 heavy (non-hydrogen) atoms. The number of para-hydroxylation sites is 1. The number of hydrogen-bond acceptors (Lipinski definition) is 3. The van der Waals surface area contributed by atoms with Crippen molar-refractivity contribution in [3.63, 3.8) is 0 Å². The van der Waals surface area contributed by atoms with E-state index in [1.165, 1.54) is 27.9 Å². The average Bonchev–Trinajstić information content (AvgIpc) is 3.66. The summed E-state index contributed by atoms with van der Waals surface area (Å²) in [6.45, 7) is 11.2. The number of aromatic nitrogens is 3. The van der Waals surface area contributed by atoms with Gasteiger partial charge in [0.15, 0.2) is 11.5 Å². The van der Waals surface area contributed by atoms with Crippen LogP contribution >= 0.6 is 0 Å². The summed E-state index contributed by atoms with van der Waals surface area (Å²) in [6, 6.07) is 43.0.